The Kier molecular flexibility index (Phi) is 4.03. The van der Waals surface area contributed by atoms with Gasteiger partial charge in [0.2, 0.25) is 5.91 Å². The van der Waals surface area contributed by atoms with Crippen LogP contribution in [0.15, 0.2) is 18.2 Å². The van der Waals surface area contributed by atoms with Crippen molar-refractivity contribution in [2.24, 2.45) is 0 Å². The van der Waals surface area contributed by atoms with Gasteiger partial charge in [0, 0.05) is 26.7 Å². The third kappa shape index (κ3) is 3.04. The van der Waals surface area contributed by atoms with Gasteiger partial charge in [-0.2, -0.15) is 5.26 Å². The molecule has 0 bridgehead atoms. The Bertz CT molecular complexity index is 522. The quantitative estimate of drug-likeness (QED) is 0.807. The molecule has 1 fully saturated rings. The van der Waals surface area contributed by atoms with Crippen molar-refractivity contribution in [2.75, 3.05) is 33.8 Å². The summed E-state index contributed by atoms with van der Waals surface area (Å²) in [5, 5.41) is 8.94. The maximum absolute atomic E-state index is 11.6. The lowest BCUT2D eigenvalue weighted by molar-refractivity contribution is -0.134. The predicted octanol–water partition coefficient (Wildman–Crippen LogP) is 0.841. The van der Waals surface area contributed by atoms with Crippen molar-refractivity contribution in [1.82, 2.24) is 9.80 Å². The van der Waals surface area contributed by atoms with Crippen LogP contribution < -0.4 is 4.74 Å². The summed E-state index contributed by atoms with van der Waals surface area (Å²) in [5.74, 6) is 0.729. The molecule has 1 aliphatic rings. The number of piperazine rings is 1. The number of methoxy groups -OCH3 is 1. The predicted molar refractivity (Wildman–Crippen MR) is 70.6 cm³/mol. The van der Waals surface area contributed by atoms with Gasteiger partial charge in [-0.05, 0) is 17.7 Å². The zero-order chi connectivity index (χ0) is 13.8. The molecule has 2 rings (SSSR count). The number of carbonyl (C=O) groups is 1. The lowest BCUT2D eigenvalue weighted by atomic mass is 10.1. The maximum atomic E-state index is 11.6. The zero-order valence-corrected chi connectivity index (χ0v) is 11.2. The SMILES string of the molecule is COc1cc(CN2CCN(C)C(=O)C2)ccc1C#N. The molecule has 1 amide bonds. The van der Waals surface area contributed by atoms with E-state index >= 15 is 0 Å². The van der Waals surface area contributed by atoms with Gasteiger partial charge in [-0.1, -0.05) is 6.07 Å². The third-order valence-corrected chi connectivity index (χ3v) is 3.33. The average molecular weight is 259 g/mol. The van der Waals surface area contributed by atoms with E-state index < -0.39 is 0 Å². The van der Waals surface area contributed by atoms with E-state index in [1.54, 1.807) is 18.1 Å². The number of nitriles is 1. The Labute approximate surface area is 113 Å². The Morgan fingerprint density at radius 2 is 2.21 bits per heavy atom. The van der Waals surface area contributed by atoms with Crippen LogP contribution in [0.3, 0.4) is 0 Å². The minimum absolute atomic E-state index is 0.145. The van der Waals surface area contributed by atoms with Crippen LogP contribution in [0.2, 0.25) is 0 Å². The van der Waals surface area contributed by atoms with Crippen LogP contribution in [0.1, 0.15) is 11.1 Å². The second kappa shape index (κ2) is 5.72. The van der Waals surface area contributed by atoms with Gasteiger partial charge in [-0.25, -0.2) is 0 Å². The molecule has 0 aromatic heterocycles. The number of hydrogen-bond acceptors (Lipinski definition) is 4. The van der Waals surface area contributed by atoms with Crippen LogP contribution in [0.4, 0.5) is 0 Å². The van der Waals surface area contributed by atoms with Gasteiger partial charge in [-0.3, -0.25) is 9.69 Å². The first-order valence-electron chi connectivity index (χ1n) is 6.17. The molecule has 0 unspecified atom stereocenters. The summed E-state index contributed by atoms with van der Waals surface area (Å²) < 4.78 is 5.19. The molecule has 0 radical (unpaired) electrons. The maximum Gasteiger partial charge on any atom is 0.236 e. The minimum Gasteiger partial charge on any atom is -0.495 e. The number of carbonyl (C=O) groups excluding carboxylic acids is 1. The fourth-order valence-electron chi connectivity index (χ4n) is 2.13. The Balaban J connectivity index is 2.08. The first kappa shape index (κ1) is 13.4. The lowest BCUT2D eigenvalue weighted by Gasteiger charge is -2.31. The summed E-state index contributed by atoms with van der Waals surface area (Å²) >= 11 is 0. The van der Waals surface area contributed by atoms with Gasteiger partial charge in [-0.15, -0.1) is 0 Å². The van der Waals surface area contributed by atoms with Gasteiger partial charge >= 0.3 is 0 Å². The molecule has 19 heavy (non-hydrogen) atoms. The van der Waals surface area contributed by atoms with Crippen LogP contribution in [-0.4, -0.2) is 49.5 Å². The second-order valence-corrected chi connectivity index (χ2v) is 4.67. The molecule has 0 aliphatic carbocycles. The molecule has 1 saturated heterocycles. The molecule has 5 heteroatoms. The third-order valence-electron chi connectivity index (χ3n) is 3.33. The van der Waals surface area contributed by atoms with E-state index in [-0.39, 0.29) is 5.91 Å². The van der Waals surface area contributed by atoms with E-state index in [0.29, 0.717) is 24.4 Å². The standard InChI is InChI=1S/C14H17N3O2/c1-16-5-6-17(10-14(16)18)9-11-3-4-12(8-15)13(7-11)19-2/h3-4,7H,5-6,9-10H2,1-2H3. The fraction of sp³-hybridized carbons (Fsp3) is 0.429. The van der Waals surface area contributed by atoms with Crippen LogP contribution in [-0.2, 0) is 11.3 Å². The van der Waals surface area contributed by atoms with E-state index in [9.17, 15) is 4.79 Å². The number of rotatable bonds is 3. The molecular formula is C14H17N3O2. The first-order valence-corrected chi connectivity index (χ1v) is 6.17. The van der Waals surface area contributed by atoms with Crippen LogP contribution >= 0.6 is 0 Å². The minimum atomic E-state index is 0.145. The monoisotopic (exact) mass is 259 g/mol. The molecular weight excluding hydrogens is 242 g/mol. The van der Waals surface area contributed by atoms with Crippen LogP contribution in [0, 0.1) is 11.3 Å². The van der Waals surface area contributed by atoms with Crippen molar-refractivity contribution in [3.63, 3.8) is 0 Å². The Hall–Kier alpha value is -2.06. The van der Waals surface area contributed by atoms with Gasteiger partial charge in [0.25, 0.3) is 0 Å². The van der Waals surface area contributed by atoms with E-state index in [1.807, 2.05) is 19.2 Å². The molecule has 0 saturated carbocycles. The Morgan fingerprint density at radius 1 is 1.42 bits per heavy atom. The van der Waals surface area contributed by atoms with Crippen molar-refractivity contribution in [2.45, 2.75) is 6.54 Å². The fourth-order valence-corrected chi connectivity index (χ4v) is 2.13. The van der Waals surface area contributed by atoms with E-state index in [2.05, 4.69) is 11.0 Å². The van der Waals surface area contributed by atoms with Crippen molar-refractivity contribution in [3.8, 4) is 11.8 Å². The molecule has 0 atom stereocenters. The molecule has 1 aromatic carbocycles. The summed E-state index contributed by atoms with van der Waals surface area (Å²) in [7, 11) is 3.38. The largest absolute Gasteiger partial charge is 0.495 e. The molecule has 1 aromatic rings. The van der Waals surface area contributed by atoms with Crippen molar-refractivity contribution in [3.05, 3.63) is 29.3 Å². The number of likely N-dealkylation sites (N-methyl/N-ethyl adjacent to an activating group) is 1. The smallest absolute Gasteiger partial charge is 0.236 e. The topological polar surface area (TPSA) is 56.6 Å². The normalized spacial score (nSPS) is 16.3. The summed E-state index contributed by atoms with van der Waals surface area (Å²) in [5.41, 5.74) is 1.58. The highest BCUT2D eigenvalue weighted by Gasteiger charge is 2.21. The summed E-state index contributed by atoms with van der Waals surface area (Å²) in [6.45, 7) is 2.76. The second-order valence-electron chi connectivity index (χ2n) is 4.67. The summed E-state index contributed by atoms with van der Waals surface area (Å²) in [4.78, 5) is 15.5. The zero-order valence-electron chi connectivity index (χ0n) is 11.2. The van der Waals surface area contributed by atoms with E-state index in [1.165, 1.54) is 0 Å². The summed E-state index contributed by atoms with van der Waals surface area (Å²) in [6.07, 6.45) is 0. The molecule has 0 spiro atoms. The van der Waals surface area contributed by atoms with Crippen LogP contribution in [0.5, 0.6) is 5.75 Å². The number of benzene rings is 1. The number of amides is 1. The van der Waals surface area contributed by atoms with Gasteiger partial charge in [0.1, 0.15) is 11.8 Å². The number of hydrogen-bond donors (Lipinski definition) is 0. The van der Waals surface area contributed by atoms with E-state index in [0.717, 1.165) is 18.7 Å². The Morgan fingerprint density at radius 3 is 2.84 bits per heavy atom. The molecule has 0 N–H and O–H groups in total. The van der Waals surface area contributed by atoms with Gasteiger partial charge < -0.3 is 9.64 Å². The molecule has 5 nitrogen and oxygen atoms in total. The van der Waals surface area contributed by atoms with Gasteiger partial charge in [0.05, 0.1) is 19.2 Å². The lowest BCUT2D eigenvalue weighted by Crippen LogP contribution is -2.47. The van der Waals surface area contributed by atoms with Crippen molar-refractivity contribution < 1.29 is 9.53 Å². The molecule has 1 heterocycles. The number of nitrogens with zero attached hydrogens (tertiary/aromatic N) is 3. The first-order chi connectivity index (χ1) is 9.13. The summed E-state index contributed by atoms with van der Waals surface area (Å²) in [6, 6.07) is 7.62. The average Bonchev–Trinajstić information content (AvgIpc) is 2.43. The van der Waals surface area contributed by atoms with E-state index in [4.69, 9.17) is 10.00 Å². The van der Waals surface area contributed by atoms with Crippen molar-refractivity contribution >= 4 is 5.91 Å². The highest BCUT2D eigenvalue weighted by molar-refractivity contribution is 5.78. The highest BCUT2D eigenvalue weighted by Crippen LogP contribution is 2.20. The molecule has 1 aliphatic heterocycles. The highest BCUT2D eigenvalue weighted by atomic mass is 16.5. The molecule has 100 valence electrons. The number of ether oxygens (including phenoxy) is 1. The van der Waals surface area contributed by atoms with Crippen molar-refractivity contribution in [1.29, 1.82) is 5.26 Å². The van der Waals surface area contributed by atoms with Crippen LogP contribution in [0.25, 0.3) is 0 Å². The van der Waals surface area contributed by atoms with Gasteiger partial charge in [0.15, 0.2) is 0 Å².